The van der Waals surface area contributed by atoms with Crippen molar-refractivity contribution in [2.45, 2.75) is 19.9 Å². The van der Waals surface area contributed by atoms with E-state index in [2.05, 4.69) is 15.3 Å². The number of nitrogens with zero attached hydrogens (tertiary/aromatic N) is 3. The Balaban J connectivity index is 2.00. The van der Waals surface area contributed by atoms with E-state index in [0.29, 0.717) is 22.0 Å². The number of hydrogen-bond acceptors (Lipinski definition) is 4. The van der Waals surface area contributed by atoms with Gasteiger partial charge in [-0.1, -0.05) is 18.2 Å². The second-order valence-electron chi connectivity index (χ2n) is 5.47. The lowest BCUT2D eigenvalue weighted by atomic mass is 10.1. The molecule has 0 saturated heterocycles. The average molecular weight is 344 g/mol. The summed E-state index contributed by atoms with van der Waals surface area (Å²) < 4.78 is 16.1. The minimum absolute atomic E-state index is 0.283. The maximum Gasteiger partial charge on any atom is 0.264 e. The summed E-state index contributed by atoms with van der Waals surface area (Å²) in [6.07, 6.45) is 3.38. The van der Waals surface area contributed by atoms with Gasteiger partial charge in [0.05, 0.1) is 10.7 Å². The van der Waals surface area contributed by atoms with Crippen LogP contribution in [0.3, 0.4) is 0 Å². The van der Waals surface area contributed by atoms with Gasteiger partial charge in [0.15, 0.2) is 0 Å². The van der Waals surface area contributed by atoms with Gasteiger partial charge in [-0.3, -0.25) is 4.79 Å². The van der Waals surface area contributed by atoms with Crippen LogP contribution in [0, 0.1) is 19.7 Å². The number of aryl methyl sites for hydroxylation is 3. The summed E-state index contributed by atoms with van der Waals surface area (Å²) >= 11 is 1.32. The molecule has 1 N–H and O–H groups in total. The highest BCUT2D eigenvalue weighted by atomic mass is 32.1. The maximum absolute atomic E-state index is 14.3. The van der Waals surface area contributed by atoms with Crippen LogP contribution in [0.25, 0.3) is 0 Å². The standard InChI is InChI=1S/C17H17FN4OS/c1-10-15(24-11(2)20-10)17(23)21-14(16-19-8-9-22(16)3)12-6-4-5-7-13(12)18/h4-9,14H,1-3H3,(H,21,23)/t14-/m1/s1. The molecular weight excluding hydrogens is 327 g/mol. The van der Waals surface area contributed by atoms with Crippen LogP contribution in [0.4, 0.5) is 4.39 Å². The van der Waals surface area contributed by atoms with E-state index in [1.54, 1.807) is 42.1 Å². The highest BCUT2D eigenvalue weighted by Crippen LogP contribution is 2.25. The first-order valence-electron chi connectivity index (χ1n) is 7.44. The second-order valence-corrected chi connectivity index (χ2v) is 6.67. The molecule has 0 aliphatic heterocycles. The monoisotopic (exact) mass is 344 g/mol. The highest BCUT2D eigenvalue weighted by Gasteiger charge is 2.25. The number of thiazole rings is 1. The molecule has 2 aromatic heterocycles. The van der Waals surface area contributed by atoms with Gasteiger partial charge in [-0.05, 0) is 19.9 Å². The van der Waals surface area contributed by atoms with Gasteiger partial charge in [0.25, 0.3) is 5.91 Å². The first kappa shape index (κ1) is 16.3. The Morgan fingerprint density at radius 3 is 2.67 bits per heavy atom. The molecule has 124 valence electrons. The summed E-state index contributed by atoms with van der Waals surface area (Å²) in [6, 6.07) is 5.70. The number of benzene rings is 1. The number of carbonyl (C=O) groups excluding carboxylic acids is 1. The number of rotatable bonds is 4. The van der Waals surface area contributed by atoms with Crippen molar-refractivity contribution >= 4 is 17.2 Å². The minimum atomic E-state index is -0.680. The molecule has 1 aromatic carbocycles. The van der Waals surface area contributed by atoms with Gasteiger partial charge < -0.3 is 9.88 Å². The normalized spacial score (nSPS) is 12.2. The number of amides is 1. The SMILES string of the molecule is Cc1nc(C)c(C(=O)N[C@H](c2ccccc2F)c2nccn2C)s1. The summed E-state index contributed by atoms with van der Waals surface area (Å²) in [5, 5.41) is 3.71. The zero-order valence-corrected chi connectivity index (χ0v) is 14.4. The van der Waals surface area contributed by atoms with Gasteiger partial charge in [-0.2, -0.15) is 0 Å². The molecule has 1 atom stereocenters. The molecular formula is C17H17FN4OS. The molecule has 3 aromatic rings. The summed E-state index contributed by atoms with van der Waals surface area (Å²) in [5.74, 6) is -0.107. The Morgan fingerprint density at radius 1 is 1.33 bits per heavy atom. The van der Waals surface area contributed by atoms with E-state index in [-0.39, 0.29) is 11.7 Å². The Morgan fingerprint density at radius 2 is 2.08 bits per heavy atom. The lowest BCUT2D eigenvalue weighted by Crippen LogP contribution is -2.31. The van der Waals surface area contributed by atoms with E-state index in [9.17, 15) is 9.18 Å². The second kappa shape index (κ2) is 6.52. The molecule has 2 heterocycles. The van der Waals surface area contributed by atoms with Crippen molar-refractivity contribution in [2.24, 2.45) is 7.05 Å². The minimum Gasteiger partial charge on any atom is -0.337 e. The fourth-order valence-corrected chi connectivity index (χ4v) is 3.41. The summed E-state index contributed by atoms with van der Waals surface area (Å²) in [7, 11) is 1.81. The Bertz CT molecular complexity index is 886. The Labute approximate surface area is 143 Å². The first-order valence-corrected chi connectivity index (χ1v) is 8.25. The predicted octanol–water partition coefficient (Wildman–Crippen LogP) is 3.15. The molecule has 0 aliphatic rings. The van der Waals surface area contributed by atoms with Crippen molar-refractivity contribution in [3.63, 3.8) is 0 Å². The van der Waals surface area contributed by atoms with Crippen LogP contribution >= 0.6 is 11.3 Å². The third kappa shape index (κ3) is 3.07. The summed E-state index contributed by atoms with van der Waals surface area (Å²) in [5.41, 5.74) is 1.04. The van der Waals surface area contributed by atoms with Gasteiger partial charge in [-0.25, -0.2) is 14.4 Å². The maximum atomic E-state index is 14.3. The van der Waals surface area contributed by atoms with E-state index < -0.39 is 6.04 Å². The molecule has 0 radical (unpaired) electrons. The molecule has 3 rings (SSSR count). The van der Waals surface area contributed by atoms with Crippen LogP contribution in [-0.2, 0) is 7.05 Å². The lowest BCUT2D eigenvalue weighted by molar-refractivity contribution is 0.0944. The lowest BCUT2D eigenvalue weighted by Gasteiger charge is -2.19. The third-order valence-electron chi connectivity index (χ3n) is 3.72. The van der Waals surface area contributed by atoms with Crippen LogP contribution in [0.5, 0.6) is 0 Å². The number of nitrogens with one attached hydrogen (secondary N) is 1. The van der Waals surface area contributed by atoms with Gasteiger partial charge in [0.2, 0.25) is 0 Å². The van der Waals surface area contributed by atoms with E-state index in [1.807, 2.05) is 14.0 Å². The zero-order valence-electron chi connectivity index (χ0n) is 13.6. The summed E-state index contributed by atoms with van der Waals surface area (Å²) in [4.78, 5) is 21.8. The molecule has 1 amide bonds. The highest BCUT2D eigenvalue weighted by molar-refractivity contribution is 7.13. The molecule has 0 aliphatic carbocycles. The van der Waals surface area contributed by atoms with E-state index in [4.69, 9.17) is 0 Å². The molecule has 0 saturated carbocycles. The fourth-order valence-electron chi connectivity index (χ4n) is 2.58. The van der Waals surface area contributed by atoms with Crippen molar-refractivity contribution < 1.29 is 9.18 Å². The van der Waals surface area contributed by atoms with Crippen molar-refractivity contribution in [1.82, 2.24) is 19.9 Å². The van der Waals surface area contributed by atoms with Crippen molar-refractivity contribution in [1.29, 1.82) is 0 Å². The third-order valence-corrected chi connectivity index (χ3v) is 4.79. The predicted molar refractivity (Wildman–Crippen MR) is 90.5 cm³/mol. The zero-order chi connectivity index (χ0) is 17.3. The Hall–Kier alpha value is -2.54. The largest absolute Gasteiger partial charge is 0.337 e. The van der Waals surface area contributed by atoms with Crippen LogP contribution in [0.2, 0.25) is 0 Å². The van der Waals surface area contributed by atoms with Gasteiger partial charge in [-0.15, -0.1) is 11.3 Å². The van der Waals surface area contributed by atoms with E-state index >= 15 is 0 Å². The average Bonchev–Trinajstić information content (AvgIpc) is 3.11. The Kier molecular flexibility index (Phi) is 4.44. The van der Waals surface area contributed by atoms with Crippen LogP contribution in [0.15, 0.2) is 36.7 Å². The number of halogens is 1. The van der Waals surface area contributed by atoms with Gasteiger partial charge >= 0.3 is 0 Å². The first-order chi connectivity index (χ1) is 11.5. The number of imidazole rings is 1. The van der Waals surface area contributed by atoms with E-state index in [0.717, 1.165) is 5.01 Å². The molecule has 0 unspecified atom stereocenters. The van der Waals surface area contributed by atoms with Crippen molar-refractivity contribution in [3.05, 3.63) is 69.4 Å². The molecule has 0 bridgehead atoms. The fraction of sp³-hybridized carbons (Fsp3) is 0.235. The van der Waals surface area contributed by atoms with E-state index in [1.165, 1.54) is 17.4 Å². The van der Waals surface area contributed by atoms with Crippen LogP contribution in [0.1, 0.15) is 37.8 Å². The molecule has 7 heteroatoms. The van der Waals surface area contributed by atoms with Crippen LogP contribution < -0.4 is 5.32 Å². The molecule has 0 fully saturated rings. The summed E-state index contributed by atoms with van der Waals surface area (Å²) in [6.45, 7) is 3.64. The van der Waals surface area contributed by atoms with Crippen molar-refractivity contribution in [3.8, 4) is 0 Å². The number of carbonyl (C=O) groups is 1. The molecule has 24 heavy (non-hydrogen) atoms. The smallest absolute Gasteiger partial charge is 0.264 e. The van der Waals surface area contributed by atoms with Crippen LogP contribution in [-0.4, -0.2) is 20.4 Å². The topological polar surface area (TPSA) is 59.8 Å². The van der Waals surface area contributed by atoms with Crippen molar-refractivity contribution in [2.75, 3.05) is 0 Å². The van der Waals surface area contributed by atoms with Gasteiger partial charge in [0.1, 0.15) is 22.6 Å². The molecule has 5 nitrogen and oxygen atoms in total. The quantitative estimate of drug-likeness (QED) is 0.791. The number of aromatic nitrogens is 3. The number of hydrogen-bond donors (Lipinski definition) is 1. The molecule has 0 spiro atoms. The van der Waals surface area contributed by atoms with Gasteiger partial charge in [0, 0.05) is 25.0 Å².